The van der Waals surface area contributed by atoms with E-state index in [-0.39, 0.29) is 35.6 Å². The Hall–Kier alpha value is -3.00. The number of hydrogen-bond acceptors (Lipinski definition) is 6. The molecule has 4 rings (SSSR count). The molecule has 0 bridgehead atoms. The second kappa shape index (κ2) is 6.72. The topological polar surface area (TPSA) is 82.0 Å². The summed E-state index contributed by atoms with van der Waals surface area (Å²) in [5.41, 5.74) is 3.93. The predicted molar refractivity (Wildman–Crippen MR) is 93.0 cm³/mol. The molecule has 2 aromatic rings. The van der Waals surface area contributed by atoms with Crippen LogP contribution in [-0.2, 0) is 11.3 Å². The number of nitrogens with one attached hydrogen (secondary N) is 1. The fraction of sp³-hybridized carbons (Fsp3) is 0.333. The SMILES string of the molecule is COc1ccc(COc2c3n(ccc2=O)N[C@@H]2COCCN2C3=O)cc1. The fourth-order valence-corrected chi connectivity index (χ4v) is 3.09. The van der Waals surface area contributed by atoms with Crippen LogP contribution in [0.25, 0.3) is 0 Å². The van der Waals surface area contributed by atoms with Crippen LogP contribution in [0.2, 0.25) is 0 Å². The van der Waals surface area contributed by atoms with Gasteiger partial charge in [-0.3, -0.25) is 14.3 Å². The van der Waals surface area contributed by atoms with Crippen LogP contribution in [0.15, 0.2) is 41.3 Å². The van der Waals surface area contributed by atoms with Crippen LogP contribution in [0.5, 0.6) is 11.5 Å². The smallest absolute Gasteiger partial charge is 0.278 e. The van der Waals surface area contributed by atoms with Gasteiger partial charge in [-0.2, -0.15) is 0 Å². The second-order valence-corrected chi connectivity index (χ2v) is 6.08. The average molecular weight is 357 g/mol. The Kier molecular flexibility index (Phi) is 4.26. The largest absolute Gasteiger partial charge is 0.497 e. The highest BCUT2D eigenvalue weighted by Crippen LogP contribution is 2.23. The highest BCUT2D eigenvalue weighted by molar-refractivity contribution is 5.96. The number of nitrogens with zero attached hydrogens (tertiary/aromatic N) is 2. The van der Waals surface area contributed by atoms with E-state index in [4.69, 9.17) is 14.2 Å². The minimum absolute atomic E-state index is 0.0470. The molecule has 8 heteroatoms. The van der Waals surface area contributed by atoms with Gasteiger partial charge in [0, 0.05) is 18.8 Å². The molecule has 26 heavy (non-hydrogen) atoms. The number of amides is 1. The summed E-state index contributed by atoms with van der Waals surface area (Å²) < 4.78 is 17.8. The van der Waals surface area contributed by atoms with Crippen LogP contribution in [0.4, 0.5) is 0 Å². The average Bonchev–Trinajstić information content (AvgIpc) is 2.68. The summed E-state index contributed by atoms with van der Waals surface area (Å²) in [5, 5.41) is 0. The first-order valence-corrected chi connectivity index (χ1v) is 8.34. The summed E-state index contributed by atoms with van der Waals surface area (Å²) in [6.07, 6.45) is 1.29. The molecule has 0 saturated carbocycles. The van der Waals surface area contributed by atoms with Gasteiger partial charge in [0.05, 0.1) is 20.3 Å². The van der Waals surface area contributed by atoms with Crippen molar-refractivity contribution in [3.8, 4) is 11.5 Å². The second-order valence-electron chi connectivity index (χ2n) is 6.08. The molecule has 1 atom stereocenters. The lowest BCUT2D eigenvalue weighted by Gasteiger charge is -2.41. The van der Waals surface area contributed by atoms with E-state index in [9.17, 15) is 9.59 Å². The molecule has 1 amide bonds. The number of ether oxygens (including phenoxy) is 3. The van der Waals surface area contributed by atoms with Crippen molar-refractivity contribution in [2.24, 2.45) is 0 Å². The van der Waals surface area contributed by atoms with E-state index in [0.717, 1.165) is 11.3 Å². The summed E-state index contributed by atoms with van der Waals surface area (Å²) in [7, 11) is 1.60. The molecule has 1 aromatic carbocycles. The predicted octanol–water partition coefficient (Wildman–Crippen LogP) is 0.791. The quantitative estimate of drug-likeness (QED) is 0.871. The fourth-order valence-electron chi connectivity index (χ4n) is 3.09. The van der Waals surface area contributed by atoms with E-state index in [1.807, 2.05) is 24.3 Å². The molecule has 1 N–H and O–H groups in total. The molecule has 0 radical (unpaired) electrons. The Bertz CT molecular complexity index is 877. The molecular weight excluding hydrogens is 338 g/mol. The number of methoxy groups -OCH3 is 1. The van der Waals surface area contributed by atoms with Crippen molar-refractivity contribution in [3.63, 3.8) is 0 Å². The Morgan fingerprint density at radius 2 is 2.04 bits per heavy atom. The molecule has 1 fully saturated rings. The normalized spacial score (nSPS) is 18.6. The Morgan fingerprint density at radius 3 is 2.81 bits per heavy atom. The minimum Gasteiger partial charge on any atom is -0.497 e. The minimum atomic E-state index is -0.327. The van der Waals surface area contributed by atoms with Crippen LogP contribution < -0.4 is 20.3 Å². The maximum absolute atomic E-state index is 12.9. The van der Waals surface area contributed by atoms with E-state index < -0.39 is 0 Å². The van der Waals surface area contributed by atoms with Crippen molar-refractivity contribution in [2.45, 2.75) is 12.8 Å². The van der Waals surface area contributed by atoms with Gasteiger partial charge in [-0.1, -0.05) is 12.1 Å². The molecule has 0 aliphatic carbocycles. The highest BCUT2D eigenvalue weighted by atomic mass is 16.5. The van der Waals surface area contributed by atoms with Crippen molar-refractivity contribution in [3.05, 3.63) is 58.0 Å². The Balaban J connectivity index is 1.62. The lowest BCUT2D eigenvalue weighted by atomic mass is 10.2. The van der Waals surface area contributed by atoms with Gasteiger partial charge >= 0.3 is 0 Å². The number of fused-ring (bicyclic) bond motifs is 2. The zero-order chi connectivity index (χ0) is 18.1. The molecule has 136 valence electrons. The first kappa shape index (κ1) is 16.5. The van der Waals surface area contributed by atoms with E-state index in [0.29, 0.717) is 19.8 Å². The molecule has 2 aliphatic heterocycles. The van der Waals surface area contributed by atoms with Gasteiger partial charge in [0.1, 0.15) is 18.5 Å². The van der Waals surface area contributed by atoms with E-state index >= 15 is 0 Å². The molecule has 2 aliphatic rings. The molecule has 0 spiro atoms. The molecule has 0 unspecified atom stereocenters. The van der Waals surface area contributed by atoms with Gasteiger partial charge in [0.15, 0.2) is 11.4 Å². The summed E-state index contributed by atoms with van der Waals surface area (Å²) in [5.74, 6) is 0.550. The number of carbonyl (C=O) groups excluding carboxylic acids is 1. The third-order valence-corrected chi connectivity index (χ3v) is 4.48. The maximum atomic E-state index is 12.9. The lowest BCUT2D eigenvalue weighted by Crippen LogP contribution is -2.59. The van der Waals surface area contributed by atoms with Crippen LogP contribution in [0.3, 0.4) is 0 Å². The maximum Gasteiger partial charge on any atom is 0.278 e. The molecule has 3 heterocycles. The van der Waals surface area contributed by atoms with E-state index in [2.05, 4.69) is 5.43 Å². The zero-order valence-corrected chi connectivity index (χ0v) is 14.3. The van der Waals surface area contributed by atoms with Crippen molar-refractivity contribution < 1.29 is 19.0 Å². The number of aromatic nitrogens is 1. The van der Waals surface area contributed by atoms with Crippen LogP contribution in [-0.4, -0.2) is 48.5 Å². The van der Waals surface area contributed by atoms with Crippen LogP contribution >= 0.6 is 0 Å². The number of hydrogen-bond donors (Lipinski definition) is 1. The van der Waals surface area contributed by atoms with Gasteiger partial charge in [0.2, 0.25) is 5.43 Å². The van der Waals surface area contributed by atoms with Gasteiger partial charge in [-0.05, 0) is 17.7 Å². The lowest BCUT2D eigenvalue weighted by molar-refractivity contribution is -0.00326. The number of pyridine rings is 1. The number of carbonyl (C=O) groups is 1. The standard InChI is InChI=1S/C18H19N3O5/c1-24-13-4-2-12(3-5-13)10-26-17-14(22)6-7-21-16(17)18(23)20-8-9-25-11-15(20)19-21/h2-7,15,19H,8-11H2,1H3/t15-/m0/s1. The highest BCUT2D eigenvalue weighted by Gasteiger charge is 2.36. The third kappa shape index (κ3) is 2.88. The van der Waals surface area contributed by atoms with Gasteiger partial charge in [0.25, 0.3) is 5.91 Å². The zero-order valence-electron chi connectivity index (χ0n) is 14.3. The van der Waals surface area contributed by atoms with Crippen molar-refractivity contribution in [1.29, 1.82) is 0 Å². The summed E-state index contributed by atoms with van der Waals surface area (Å²) in [6, 6.07) is 8.72. The summed E-state index contributed by atoms with van der Waals surface area (Å²) in [6.45, 7) is 1.52. The van der Waals surface area contributed by atoms with Crippen LogP contribution in [0.1, 0.15) is 16.1 Å². The Morgan fingerprint density at radius 1 is 1.23 bits per heavy atom. The monoisotopic (exact) mass is 357 g/mol. The summed E-state index contributed by atoms with van der Waals surface area (Å²) in [4.78, 5) is 26.9. The van der Waals surface area contributed by atoms with Crippen molar-refractivity contribution in [1.82, 2.24) is 9.58 Å². The molecular formula is C18H19N3O5. The van der Waals surface area contributed by atoms with Crippen molar-refractivity contribution >= 4 is 5.91 Å². The third-order valence-electron chi connectivity index (χ3n) is 4.48. The molecule has 1 aromatic heterocycles. The van der Waals surface area contributed by atoms with Crippen LogP contribution in [0, 0.1) is 0 Å². The summed E-state index contributed by atoms with van der Waals surface area (Å²) >= 11 is 0. The first-order valence-electron chi connectivity index (χ1n) is 8.34. The molecule has 1 saturated heterocycles. The van der Waals surface area contributed by atoms with Gasteiger partial charge in [-0.15, -0.1) is 0 Å². The number of rotatable bonds is 4. The Labute approximate surface area is 149 Å². The van der Waals surface area contributed by atoms with Gasteiger partial charge < -0.3 is 24.5 Å². The van der Waals surface area contributed by atoms with E-state index in [1.165, 1.54) is 6.07 Å². The van der Waals surface area contributed by atoms with Gasteiger partial charge in [-0.25, -0.2) is 0 Å². The van der Waals surface area contributed by atoms with E-state index in [1.54, 1.807) is 22.9 Å². The molecule has 8 nitrogen and oxygen atoms in total. The number of morpholine rings is 1. The number of benzene rings is 1. The van der Waals surface area contributed by atoms with Crippen molar-refractivity contribution in [2.75, 3.05) is 32.3 Å². The first-order chi connectivity index (χ1) is 12.7.